The second kappa shape index (κ2) is 6.79. The highest BCUT2D eigenvalue weighted by Gasteiger charge is 2.21. The quantitative estimate of drug-likeness (QED) is 0.326. The Morgan fingerprint density at radius 1 is 1.12 bits per heavy atom. The SMILES string of the molecule is Cc1[nH]c2ccccc2c1C(=O)COC(=O)c1cccc([N+](=O)[O-])c1C. The van der Waals surface area contributed by atoms with Crippen molar-refractivity contribution in [3.05, 3.63) is 75.0 Å². The summed E-state index contributed by atoms with van der Waals surface area (Å²) in [6, 6.07) is 11.5. The van der Waals surface area contributed by atoms with Gasteiger partial charge in [0.25, 0.3) is 5.69 Å². The maximum absolute atomic E-state index is 12.5. The number of carbonyl (C=O) groups excluding carboxylic acids is 2. The molecule has 7 heteroatoms. The molecule has 0 saturated heterocycles. The summed E-state index contributed by atoms with van der Waals surface area (Å²) in [6.07, 6.45) is 0. The number of nitro groups is 1. The summed E-state index contributed by atoms with van der Waals surface area (Å²) in [5.41, 5.74) is 2.11. The van der Waals surface area contributed by atoms with E-state index in [2.05, 4.69) is 4.98 Å². The first kappa shape index (κ1) is 17.3. The number of aromatic nitrogens is 1. The van der Waals surface area contributed by atoms with Crippen LogP contribution in [0.4, 0.5) is 5.69 Å². The zero-order valence-corrected chi connectivity index (χ0v) is 14.2. The predicted molar refractivity (Wildman–Crippen MR) is 95.5 cm³/mol. The van der Waals surface area contributed by atoms with Crippen molar-refractivity contribution >= 4 is 28.3 Å². The van der Waals surface area contributed by atoms with E-state index in [0.717, 1.165) is 10.9 Å². The molecule has 1 heterocycles. The van der Waals surface area contributed by atoms with Crippen molar-refractivity contribution in [1.82, 2.24) is 4.98 Å². The van der Waals surface area contributed by atoms with Crippen LogP contribution in [0.15, 0.2) is 42.5 Å². The molecule has 0 bridgehead atoms. The van der Waals surface area contributed by atoms with Crippen molar-refractivity contribution in [3.8, 4) is 0 Å². The van der Waals surface area contributed by atoms with Crippen LogP contribution in [-0.4, -0.2) is 28.3 Å². The van der Waals surface area contributed by atoms with Gasteiger partial charge in [0.05, 0.1) is 10.5 Å². The second-order valence-corrected chi connectivity index (χ2v) is 5.88. The number of ether oxygens (including phenoxy) is 1. The molecule has 0 radical (unpaired) electrons. The molecule has 0 unspecified atom stereocenters. The van der Waals surface area contributed by atoms with Crippen LogP contribution < -0.4 is 0 Å². The number of aromatic amines is 1. The Labute approximate surface area is 148 Å². The third-order valence-corrected chi connectivity index (χ3v) is 4.23. The number of hydrogen-bond donors (Lipinski definition) is 1. The standard InChI is InChI=1S/C19H16N2O5/c1-11-13(7-5-9-16(11)21(24)25)19(23)26-10-17(22)18-12(2)20-15-8-4-3-6-14(15)18/h3-9,20H,10H2,1-2H3. The van der Waals surface area contributed by atoms with Gasteiger partial charge in [-0.05, 0) is 26.0 Å². The van der Waals surface area contributed by atoms with E-state index in [1.165, 1.54) is 25.1 Å². The Morgan fingerprint density at radius 2 is 1.85 bits per heavy atom. The van der Waals surface area contributed by atoms with E-state index in [-0.39, 0.29) is 22.6 Å². The van der Waals surface area contributed by atoms with E-state index in [1.54, 1.807) is 6.92 Å². The number of ketones is 1. The molecule has 0 aliphatic carbocycles. The monoisotopic (exact) mass is 352 g/mol. The molecule has 1 aromatic heterocycles. The molecular formula is C19H16N2O5. The molecule has 0 saturated carbocycles. The third kappa shape index (κ3) is 3.06. The minimum Gasteiger partial charge on any atom is -0.454 e. The number of aryl methyl sites for hydroxylation is 1. The number of nitro benzene ring substituents is 1. The molecule has 3 rings (SSSR count). The highest BCUT2D eigenvalue weighted by molar-refractivity contribution is 6.10. The molecule has 26 heavy (non-hydrogen) atoms. The van der Waals surface area contributed by atoms with Crippen molar-refractivity contribution in [2.45, 2.75) is 13.8 Å². The maximum Gasteiger partial charge on any atom is 0.339 e. The molecule has 0 fully saturated rings. The van der Waals surface area contributed by atoms with Gasteiger partial charge in [-0.2, -0.15) is 0 Å². The number of hydrogen-bond acceptors (Lipinski definition) is 5. The Hall–Kier alpha value is -3.48. The van der Waals surface area contributed by atoms with Gasteiger partial charge in [-0.15, -0.1) is 0 Å². The Balaban J connectivity index is 1.80. The second-order valence-electron chi connectivity index (χ2n) is 5.88. The molecule has 3 aromatic rings. The van der Waals surface area contributed by atoms with Gasteiger partial charge in [-0.25, -0.2) is 4.79 Å². The first-order valence-electron chi connectivity index (χ1n) is 7.91. The van der Waals surface area contributed by atoms with Crippen LogP contribution in [0.3, 0.4) is 0 Å². The highest BCUT2D eigenvalue weighted by atomic mass is 16.6. The summed E-state index contributed by atoms with van der Waals surface area (Å²) in [7, 11) is 0. The molecule has 0 atom stereocenters. The fourth-order valence-electron chi connectivity index (χ4n) is 2.96. The molecule has 0 aliphatic heterocycles. The first-order chi connectivity index (χ1) is 12.4. The van der Waals surface area contributed by atoms with Crippen LogP contribution in [0.2, 0.25) is 0 Å². The van der Waals surface area contributed by atoms with Crippen molar-refractivity contribution in [2.24, 2.45) is 0 Å². The van der Waals surface area contributed by atoms with Gasteiger partial charge in [0.1, 0.15) is 0 Å². The number of nitrogens with one attached hydrogen (secondary N) is 1. The average Bonchev–Trinajstić information content (AvgIpc) is 2.95. The number of esters is 1. The highest BCUT2D eigenvalue weighted by Crippen LogP contribution is 2.24. The lowest BCUT2D eigenvalue weighted by atomic mass is 10.1. The van der Waals surface area contributed by atoms with Crippen molar-refractivity contribution in [2.75, 3.05) is 6.61 Å². The number of carbonyl (C=O) groups is 2. The van der Waals surface area contributed by atoms with E-state index in [4.69, 9.17) is 4.74 Å². The zero-order valence-electron chi connectivity index (χ0n) is 14.2. The molecule has 7 nitrogen and oxygen atoms in total. The fraction of sp³-hybridized carbons (Fsp3) is 0.158. The van der Waals surface area contributed by atoms with E-state index in [9.17, 15) is 19.7 Å². The summed E-state index contributed by atoms with van der Waals surface area (Å²) in [5, 5.41) is 11.7. The van der Waals surface area contributed by atoms with Gasteiger partial charge in [0.15, 0.2) is 6.61 Å². The smallest absolute Gasteiger partial charge is 0.339 e. The van der Waals surface area contributed by atoms with Gasteiger partial charge in [-0.3, -0.25) is 14.9 Å². The van der Waals surface area contributed by atoms with Gasteiger partial charge in [0.2, 0.25) is 5.78 Å². The fourth-order valence-corrected chi connectivity index (χ4v) is 2.96. The van der Waals surface area contributed by atoms with E-state index in [1.807, 2.05) is 24.3 Å². The molecule has 1 N–H and O–H groups in total. The third-order valence-electron chi connectivity index (χ3n) is 4.23. The van der Waals surface area contributed by atoms with Crippen LogP contribution in [0.5, 0.6) is 0 Å². The predicted octanol–water partition coefficient (Wildman–Crippen LogP) is 3.73. The lowest BCUT2D eigenvalue weighted by Crippen LogP contribution is -2.16. The summed E-state index contributed by atoms with van der Waals surface area (Å²) in [4.78, 5) is 38.3. The maximum atomic E-state index is 12.5. The first-order valence-corrected chi connectivity index (χ1v) is 7.91. The Morgan fingerprint density at radius 3 is 2.58 bits per heavy atom. The molecule has 0 aliphatic rings. The van der Waals surface area contributed by atoms with Crippen LogP contribution in [0, 0.1) is 24.0 Å². The summed E-state index contributed by atoms with van der Waals surface area (Å²) >= 11 is 0. The van der Waals surface area contributed by atoms with Crippen LogP contribution in [0.1, 0.15) is 32.0 Å². The van der Waals surface area contributed by atoms with E-state index in [0.29, 0.717) is 11.3 Å². The van der Waals surface area contributed by atoms with Crippen LogP contribution in [-0.2, 0) is 4.74 Å². The number of H-pyrrole nitrogens is 1. The summed E-state index contributed by atoms with van der Waals surface area (Å²) in [6.45, 7) is 2.81. The number of para-hydroxylation sites is 1. The molecule has 2 aromatic carbocycles. The van der Waals surface area contributed by atoms with Crippen molar-refractivity contribution in [3.63, 3.8) is 0 Å². The molecular weight excluding hydrogens is 336 g/mol. The van der Waals surface area contributed by atoms with Crippen LogP contribution >= 0.6 is 0 Å². The molecule has 132 valence electrons. The molecule has 0 spiro atoms. The Kier molecular flexibility index (Phi) is 4.53. The lowest BCUT2D eigenvalue weighted by Gasteiger charge is -2.07. The largest absolute Gasteiger partial charge is 0.454 e. The van der Waals surface area contributed by atoms with Gasteiger partial charge < -0.3 is 9.72 Å². The molecule has 0 amide bonds. The summed E-state index contributed by atoms with van der Waals surface area (Å²) < 4.78 is 5.11. The topological polar surface area (TPSA) is 102 Å². The minimum atomic E-state index is -0.767. The van der Waals surface area contributed by atoms with Crippen molar-refractivity contribution < 1.29 is 19.2 Å². The number of Topliss-reactive ketones (excluding diaryl/α,β-unsaturated/α-hetero) is 1. The Bertz CT molecular complexity index is 1040. The number of fused-ring (bicyclic) bond motifs is 1. The average molecular weight is 352 g/mol. The number of nitrogens with zero attached hydrogens (tertiary/aromatic N) is 1. The number of rotatable bonds is 5. The van der Waals surface area contributed by atoms with Gasteiger partial charge in [-0.1, -0.05) is 24.3 Å². The van der Waals surface area contributed by atoms with E-state index < -0.39 is 17.5 Å². The van der Waals surface area contributed by atoms with E-state index >= 15 is 0 Å². The lowest BCUT2D eigenvalue weighted by molar-refractivity contribution is -0.385. The van der Waals surface area contributed by atoms with Gasteiger partial charge in [0, 0.05) is 33.8 Å². The number of benzene rings is 2. The van der Waals surface area contributed by atoms with Gasteiger partial charge >= 0.3 is 5.97 Å². The zero-order chi connectivity index (χ0) is 18.8. The minimum absolute atomic E-state index is 0.0719. The normalized spacial score (nSPS) is 10.7. The van der Waals surface area contributed by atoms with Crippen molar-refractivity contribution in [1.29, 1.82) is 0 Å². The van der Waals surface area contributed by atoms with Crippen LogP contribution in [0.25, 0.3) is 10.9 Å². The summed E-state index contributed by atoms with van der Waals surface area (Å²) in [5.74, 6) is -1.10.